The van der Waals surface area contributed by atoms with E-state index in [0.29, 0.717) is 11.3 Å². The first-order valence-electron chi connectivity index (χ1n) is 13.7. The van der Waals surface area contributed by atoms with E-state index >= 15 is 0 Å². The number of Topliss-reactive ketones (excluding diaryl/α,β-unsaturated/α-hetero) is 3. The number of nitrogens with one attached hydrogen (secondary N) is 2. The molecule has 2 aliphatic carbocycles. The number of phenols is 1. The molecule has 242 valence electrons. The van der Waals surface area contributed by atoms with Gasteiger partial charge in [-0.1, -0.05) is 0 Å². The van der Waals surface area contributed by atoms with Gasteiger partial charge in [-0.05, 0) is 61.1 Å². The highest BCUT2D eigenvalue weighted by molar-refractivity contribution is 6.24. The summed E-state index contributed by atoms with van der Waals surface area (Å²) in [5.41, 5.74) is 2.59. The van der Waals surface area contributed by atoms with Crippen molar-refractivity contribution in [2.75, 3.05) is 36.2 Å². The third-order valence-electron chi connectivity index (χ3n) is 8.00. The Hall–Kier alpha value is -4.70. The number of carbonyl (C=O) groups is 5. The topological polar surface area (TPSA) is 209 Å². The predicted octanol–water partition coefficient (Wildman–Crippen LogP) is 2.12. The van der Waals surface area contributed by atoms with E-state index in [4.69, 9.17) is 5.73 Å². The molecule has 0 saturated heterocycles. The SMILES string of the molecule is CN(C)c1cc(NC(=O)Nc2ccc(OC(F)(F)F)cc2)c(O)c2c1C[C@H]1C[C@@H](CCO)[C@@](O)(C(=O)CC(N)=O)C(=O)C1C2=O. The molecule has 0 radical (unpaired) electrons. The molecule has 2 aromatic carbocycles. The van der Waals surface area contributed by atoms with Gasteiger partial charge >= 0.3 is 12.4 Å². The Morgan fingerprint density at radius 2 is 1.78 bits per heavy atom. The minimum absolute atomic E-state index is 0.0357. The second-order valence-corrected chi connectivity index (χ2v) is 11.1. The molecule has 0 spiro atoms. The van der Waals surface area contributed by atoms with E-state index in [-0.39, 0.29) is 36.2 Å². The van der Waals surface area contributed by atoms with Crippen LogP contribution in [-0.4, -0.2) is 77.3 Å². The van der Waals surface area contributed by atoms with Crippen molar-refractivity contribution in [2.45, 2.75) is 37.6 Å². The van der Waals surface area contributed by atoms with E-state index in [9.17, 15) is 52.5 Å². The fourth-order valence-electron chi connectivity index (χ4n) is 6.11. The summed E-state index contributed by atoms with van der Waals surface area (Å²) >= 11 is 0. The van der Waals surface area contributed by atoms with Crippen molar-refractivity contribution >= 4 is 46.4 Å². The van der Waals surface area contributed by atoms with E-state index in [1.165, 1.54) is 6.07 Å². The Kier molecular flexibility index (Phi) is 9.12. The summed E-state index contributed by atoms with van der Waals surface area (Å²) in [6.07, 6.45) is -6.02. The number of carbonyl (C=O) groups excluding carboxylic acids is 5. The number of phenolic OH excluding ortho intramolecular Hbond substituents is 1. The minimum Gasteiger partial charge on any atom is -0.505 e. The summed E-state index contributed by atoms with van der Waals surface area (Å²) in [5.74, 6) is -9.00. The lowest BCUT2D eigenvalue weighted by Crippen LogP contribution is -2.63. The van der Waals surface area contributed by atoms with E-state index in [1.54, 1.807) is 19.0 Å². The Labute approximate surface area is 254 Å². The number of rotatable bonds is 9. The molecule has 13 nitrogen and oxygen atoms in total. The van der Waals surface area contributed by atoms with Gasteiger partial charge in [0.15, 0.2) is 23.0 Å². The van der Waals surface area contributed by atoms with Crippen molar-refractivity contribution in [1.29, 1.82) is 0 Å². The second-order valence-electron chi connectivity index (χ2n) is 11.1. The molecular weight excluding hydrogens is 605 g/mol. The number of amides is 3. The van der Waals surface area contributed by atoms with Gasteiger partial charge < -0.3 is 41.3 Å². The Morgan fingerprint density at radius 1 is 1.13 bits per heavy atom. The Balaban J connectivity index is 1.67. The molecule has 1 saturated carbocycles. The van der Waals surface area contributed by atoms with Gasteiger partial charge in [-0.3, -0.25) is 19.2 Å². The molecule has 7 N–H and O–H groups in total. The third kappa shape index (κ3) is 6.56. The highest BCUT2D eigenvalue weighted by atomic mass is 19.4. The van der Waals surface area contributed by atoms with Gasteiger partial charge in [0.2, 0.25) is 5.91 Å². The smallest absolute Gasteiger partial charge is 0.505 e. The van der Waals surface area contributed by atoms with Gasteiger partial charge in [-0.15, -0.1) is 13.2 Å². The number of aliphatic hydroxyl groups excluding tert-OH is 1. The minimum atomic E-state index is -4.90. The first-order chi connectivity index (χ1) is 21.0. The van der Waals surface area contributed by atoms with Crippen LogP contribution in [0.2, 0.25) is 0 Å². The summed E-state index contributed by atoms with van der Waals surface area (Å²) in [6, 6.07) is 4.68. The van der Waals surface area contributed by atoms with Crippen molar-refractivity contribution in [3.05, 3.63) is 41.5 Å². The number of halogens is 3. The number of urea groups is 1. The number of hydrogen-bond acceptors (Lipinski definition) is 10. The summed E-state index contributed by atoms with van der Waals surface area (Å²) < 4.78 is 41.1. The second kappa shape index (κ2) is 12.4. The lowest BCUT2D eigenvalue weighted by molar-refractivity contribution is -0.274. The largest absolute Gasteiger partial charge is 0.573 e. The number of ketones is 3. The standard InChI is InChI=1S/C29H31F3N4O9/c1-36(2)19-11-18(35-27(43)34-15-3-5-16(6-4-15)45-29(30,31)32)24(40)23-17(19)10-13-9-14(7-8-37)28(44,20(38)12-21(33)39)26(42)22(13)25(23)41/h3-6,11,13-14,22,37,40,44H,7-10,12H2,1-2H3,(H2,33,39)(H2,34,35,43)/t13-,14-,22?,28-/m1/s1. The van der Waals surface area contributed by atoms with Gasteiger partial charge in [-0.25, -0.2) is 4.79 Å². The van der Waals surface area contributed by atoms with Gasteiger partial charge in [0.05, 0.1) is 23.6 Å². The third-order valence-corrected chi connectivity index (χ3v) is 8.00. The Bertz CT molecular complexity index is 1540. The lowest BCUT2D eigenvalue weighted by atomic mass is 9.57. The van der Waals surface area contributed by atoms with Crippen LogP contribution in [0.15, 0.2) is 30.3 Å². The molecule has 16 heteroatoms. The first kappa shape index (κ1) is 33.2. The molecule has 2 aliphatic rings. The highest BCUT2D eigenvalue weighted by Gasteiger charge is 2.61. The molecular formula is C29H31F3N4O9. The number of anilines is 3. The highest BCUT2D eigenvalue weighted by Crippen LogP contribution is 2.50. The van der Waals surface area contributed by atoms with Crippen LogP contribution in [0.25, 0.3) is 0 Å². The van der Waals surface area contributed by atoms with Crippen LogP contribution in [0.3, 0.4) is 0 Å². The number of primary amides is 1. The van der Waals surface area contributed by atoms with Crippen molar-refractivity contribution in [1.82, 2.24) is 0 Å². The summed E-state index contributed by atoms with van der Waals surface area (Å²) in [7, 11) is 3.28. The van der Waals surface area contributed by atoms with Crippen molar-refractivity contribution < 1.29 is 57.2 Å². The van der Waals surface area contributed by atoms with Crippen LogP contribution < -0.4 is 26.0 Å². The normalized spacial score (nSPS) is 22.6. The number of benzene rings is 2. The monoisotopic (exact) mass is 636 g/mol. The van der Waals surface area contributed by atoms with Crippen molar-refractivity contribution in [2.24, 2.45) is 23.5 Å². The average molecular weight is 637 g/mol. The molecule has 1 fully saturated rings. The van der Waals surface area contributed by atoms with Crippen LogP contribution in [-0.2, 0) is 20.8 Å². The quantitative estimate of drug-likeness (QED) is 0.174. The van der Waals surface area contributed by atoms with E-state index in [1.807, 2.05) is 0 Å². The van der Waals surface area contributed by atoms with Crippen LogP contribution in [0.1, 0.15) is 35.2 Å². The maximum absolute atomic E-state index is 13.9. The maximum atomic E-state index is 13.9. The van der Waals surface area contributed by atoms with Crippen molar-refractivity contribution in [3.63, 3.8) is 0 Å². The zero-order valence-corrected chi connectivity index (χ0v) is 24.1. The Morgan fingerprint density at radius 3 is 2.33 bits per heavy atom. The lowest BCUT2D eigenvalue weighted by Gasteiger charge is -2.46. The number of nitrogens with two attached hydrogens (primary N) is 1. The fourth-order valence-corrected chi connectivity index (χ4v) is 6.11. The summed E-state index contributed by atoms with van der Waals surface area (Å²) in [6.45, 7) is -0.488. The molecule has 2 aromatic rings. The number of aliphatic hydroxyl groups is 2. The zero-order chi connectivity index (χ0) is 33.4. The molecule has 0 aliphatic heterocycles. The van der Waals surface area contributed by atoms with Gasteiger partial charge in [0, 0.05) is 38.0 Å². The van der Waals surface area contributed by atoms with E-state index < -0.39 is 83.5 Å². The molecule has 0 heterocycles. The average Bonchev–Trinajstić information content (AvgIpc) is 2.92. The number of nitrogens with zero attached hydrogens (tertiary/aromatic N) is 1. The zero-order valence-electron chi connectivity index (χ0n) is 24.1. The fraction of sp³-hybridized carbons (Fsp3) is 0.414. The van der Waals surface area contributed by atoms with Crippen molar-refractivity contribution in [3.8, 4) is 11.5 Å². The summed E-state index contributed by atoms with van der Waals surface area (Å²) in [4.78, 5) is 66.5. The number of fused-ring (bicyclic) bond motifs is 2. The molecule has 4 rings (SSSR count). The molecule has 4 atom stereocenters. The number of hydrogen-bond donors (Lipinski definition) is 6. The van der Waals surface area contributed by atoms with E-state index in [0.717, 1.165) is 24.3 Å². The number of aromatic hydroxyl groups is 1. The predicted molar refractivity (Wildman–Crippen MR) is 152 cm³/mol. The van der Waals surface area contributed by atoms with Crippen LogP contribution in [0, 0.1) is 17.8 Å². The van der Waals surface area contributed by atoms with Crippen LogP contribution in [0.5, 0.6) is 11.5 Å². The van der Waals surface area contributed by atoms with Crippen LogP contribution in [0.4, 0.5) is 35.0 Å². The number of alkyl halides is 3. The van der Waals surface area contributed by atoms with E-state index in [2.05, 4.69) is 15.4 Å². The summed E-state index contributed by atoms with van der Waals surface area (Å²) in [5, 5.41) is 36.9. The van der Waals surface area contributed by atoms with Gasteiger partial charge in [0.1, 0.15) is 11.5 Å². The molecule has 1 unspecified atom stereocenters. The molecule has 3 amide bonds. The number of ether oxygens (including phenoxy) is 1. The first-order valence-corrected chi connectivity index (χ1v) is 13.7. The van der Waals surface area contributed by atoms with Gasteiger partial charge in [0.25, 0.3) is 0 Å². The maximum Gasteiger partial charge on any atom is 0.573 e. The molecule has 0 aromatic heterocycles. The molecule has 0 bridgehead atoms. The molecule has 45 heavy (non-hydrogen) atoms. The van der Waals surface area contributed by atoms with Gasteiger partial charge in [-0.2, -0.15) is 0 Å². The van der Waals surface area contributed by atoms with Crippen LogP contribution >= 0.6 is 0 Å².